The molecule has 0 amide bonds. The van der Waals surface area contributed by atoms with Crippen LogP contribution in [0.25, 0.3) is 0 Å². The Morgan fingerprint density at radius 2 is 1.90 bits per heavy atom. The molecule has 62 valence electrons. The molecule has 0 bridgehead atoms. The lowest BCUT2D eigenvalue weighted by Crippen LogP contribution is -2.32. The molecular weight excluding hydrogens is 170 g/mol. The summed E-state index contributed by atoms with van der Waals surface area (Å²) in [5.74, 6) is -0.297. The molecule has 0 aromatic rings. The Balaban J connectivity index is 0. The maximum Gasteiger partial charge on any atom is 0.306 e. The van der Waals surface area contributed by atoms with Gasteiger partial charge >= 0.3 is 5.97 Å². The molecule has 0 aliphatic heterocycles. The van der Waals surface area contributed by atoms with E-state index in [0.29, 0.717) is 0 Å². The first kappa shape index (κ1) is 12.6. The highest BCUT2D eigenvalue weighted by atomic mass is 35.5. The standard InChI is InChI=1S/C5H13NO2Si.ClH/c1-9(2,3)8-5(7)4-6;/h4,6H2,1-3H3;1H. The number of nitrogens with two attached hydrogens (primary N) is 1. The van der Waals surface area contributed by atoms with E-state index in [2.05, 4.69) is 0 Å². The molecule has 3 nitrogen and oxygen atoms in total. The van der Waals surface area contributed by atoms with Crippen LogP contribution in [0.2, 0.25) is 19.6 Å². The van der Waals surface area contributed by atoms with Gasteiger partial charge in [0, 0.05) is 0 Å². The van der Waals surface area contributed by atoms with Crippen LogP contribution in [0.4, 0.5) is 0 Å². The van der Waals surface area contributed by atoms with Gasteiger partial charge in [-0.05, 0) is 19.6 Å². The zero-order valence-corrected chi connectivity index (χ0v) is 8.33. The number of rotatable bonds is 2. The van der Waals surface area contributed by atoms with Gasteiger partial charge in [0.25, 0.3) is 0 Å². The second kappa shape index (κ2) is 4.71. The van der Waals surface area contributed by atoms with Gasteiger partial charge in [-0.2, -0.15) is 0 Å². The molecule has 0 fully saturated rings. The first-order valence-electron chi connectivity index (χ1n) is 2.87. The highest BCUT2D eigenvalue weighted by Crippen LogP contribution is 2.01. The average molecular weight is 184 g/mol. The van der Waals surface area contributed by atoms with Crippen molar-refractivity contribution in [2.45, 2.75) is 19.6 Å². The summed E-state index contributed by atoms with van der Waals surface area (Å²) in [6, 6.07) is 0. The van der Waals surface area contributed by atoms with Gasteiger partial charge in [-0.25, -0.2) is 0 Å². The van der Waals surface area contributed by atoms with E-state index in [-0.39, 0.29) is 24.9 Å². The van der Waals surface area contributed by atoms with Crippen LogP contribution in [0.3, 0.4) is 0 Å². The Hall–Kier alpha value is -0.0631. The number of halogens is 1. The van der Waals surface area contributed by atoms with Crippen LogP contribution in [-0.2, 0) is 9.22 Å². The predicted octanol–water partition coefficient (Wildman–Crippen LogP) is 0.745. The van der Waals surface area contributed by atoms with Crippen LogP contribution < -0.4 is 5.73 Å². The summed E-state index contributed by atoms with van der Waals surface area (Å²) in [7, 11) is -1.67. The SMILES string of the molecule is C[Si](C)(C)OC(=O)CN.Cl. The molecule has 0 saturated heterocycles. The quantitative estimate of drug-likeness (QED) is 0.643. The van der Waals surface area contributed by atoms with E-state index in [1.54, 1.807) is 0 Å². The number of hydrogen-bond donors (Lipinski definition) is 1. The zero-order valence-electron chi connectivity index (χ0n) is 6.51. The van der Waals surface area contributed by atoms with Gasteiger partial charge in [-0.1, -0.05) is 0 Å². The zero-order chi connectivity index (χ0) is 7.49. The molecule has 0 aromatic heterocycles. The van der Waals surface area contributed by atoms with Crippen LogP contribution in [-0.4, -0.2) is 20.8 Å². The van der Waals surface area contributed by atoms with Gasteiger partial charge < -0.3 is 10.2 Å². The molecule has 0 spiro atoms. The van der Waals surface area contributed by atoms with Gasteiger partial charge in [0.15, 0.2) is 0 Å². The van der Waals surface area contributed by atoms with E-state index < -0.39 is 8.32 Å². The Morgan fingerprint density at radius 3 is 2.00 bits per heavy atom. The third kappa shape index (κ3) is 7.94. The normalized spacial score (nSPS) is 10.0. The van der Waals surface area contributed by atoms with Crippen molar-refractivity contribution < 1.29 is 9.22 Å². The molecule has 0 heterocycles. The minimum absolute atomic E-state index is 0. The molecule has 0 unspecified atom stereocenters. The van der Waals surface area contributed by atoms with Crippen molar-refractivity contribution in [3.63, 3.8) is 0 Å². The van der Waals surface area contributed by atoms with Crippen molar-refractivity contribution in [1.29, 1.82) is 0 Å². The van der Waals surface area contributed by atoms with Crippen molar-refractivity contribution in [3.8, 4) is 0 Å². The molecule has 0 aliphatic carbocycles. The summed E-state index contributed by atoms with van der Waals surface area (Å²) in [6.07, 6.45) is 0. The number of hydrogen-bond acceptors (Lipinski definition) is 3. The number of carbonyl (C=O) groups excluding carboxylic acids is 1. The summed E-state index contributed by atoms with van der Waals surface area (Å²) >= 11 is 0. The fraction of sp³-hybridized carbons (Fsp3) is 0.800. The van der Waals surface area contributed by atoms with Crippen molar-refractivity contribution in [2.24, 2.45) is 5.73 Å². The number of carbonyl (C=O) groups is 1. The molecular formula is C5H14ClNO2Si. The van der Waals surface area contributed by atoms with E-state index >= 15 is 0 Å². The van der Waals surface area contributed by atoms with Crippen molar-refractivity contribution in [1.82, 2.24) is 0 Å². The average Bonchev–Trinajstić information content (AvgIpc) is 1.62. The summed E-state index contributed by atoms with van der Waals surface area (Å²) in [6.45, 7) is 5.83. The van der Waals surface area contributed by atoms with Gasteiger partial charge in [0.1, 0.15) is 0 Å². The van der Waals surface area contributed by atoms with E-state index in [0.717, 1.165) is 0 Å². The van der Waals surface area contributed by atoms with Gasteiger partial charge in [-0.15, -0.1) is 12.4 Å². The van der Waals surface area contributed by atoms with Crippen molar-refractivity contribution in [3.05, 3.63) is 0 Å². The largest absolute Gasteiger partial charge is 0.519 e. The van der Waals surface area contributed by atoms with Crippen molar-refractivity contribution >= 4 is 26.7 Å². The summed E-state index contributed by atoms with van der Waals surface area (Å²) in [5.41, 5.74) is 5.03. The lowest BCUT2D eigenvalue weighted by molar-refractivity contribution is -0.133. The van der Waals surface area contributed by atoms with Crippen LogP contribution >= 0.6 is 12.4 Å². The molecule has 0 aliphatic rings. The summed E-state index contributed by atoms with van der Waals surface area (Å²) < 4.78 is 4.96. The maximum atomic E-state index is 10.5. The highest BCUT2D eigenvalue weighted by molar-refractivity contribution is 6.71. The molecule has 10 heavy (non-hydrogen) atoms. The van der Waals surface area contributed by atoms with Gasteiger partial charge in [0.2, 0.25) is 8.32 Å². The second-order valence-corrected chi connectivity index (χ2v) is 7.22. The summed E-state index contributed by atoms with van der Waals surface area (Å²) in [4.78, 5) is 10.5. The molecule has 0 aromatic carbocycles. The molecule has 0 saturated carbocycles. The molecule has 2 N–H and O–H groups in total. The Kier molecular flexibility index (Phi) is 5.93. The molecule has 0 radical (unpaired) electrons. The smallest absolute Gasteiger partial charge is 0.306 e. The maximum absolute atomic E-state index is 10.5. The minimum Gasteiger partial charge on any atom is -0.519 e. The van der Waals surface area contributed by atoms with E-state index in [4.69, 9.17) is 10.2 Å². The Morgan fingerprint density at radius 1 is 1.50 bits per heavy atom. The second-order valence-electron chi connectivity index (χ2n) is 2.79. The fourth-order valence-corrected chi connectivity index (χ4v) is 1.15. The lowest BCUT2D eigenvalue weighted by atomic mass is 10.7. The van der Waals surface area contributed by atoms with Crippen LogP contribution in [0.15, 0.2) is 0 Å². The molecule has 5 heteroatoms. The Bertz CT molecular complexity index is 113. The van der Waals surface area contributed by atoms with Crippen LogP contribution in [0.1, 0.15) is 0 Å². The van der Waals surface area contributed by atoms with E-state index in [1.807, 2.05) is 19.6 Å². The predicted molar refractivity (Wildman–Crippen MR) is 45.7 cm³/mol. The van der Waals surface area contributed by atoms with Crippen LogP contribution in [0.5, 0.6) is 0 Å². The van der Waals surface area contributed by atoms with E-state index in [9.17, 15) is 4.79 Å². The minimum atomic E-state index is -1.67. The highest BCUT2D eigenvalue weighted by Gasteiger charge is 2.18. The summed E-state index contributed by atoms with van der Waals surface area (Å²) in [5, 5.41) is 0. The molecule has 0 atom stereocenters. The fourth-order valence-electron chi connectivity index (χ4n) is 0.383. The Labute approximate surface area is 68.5 Å². The lowest BCUT2D eigenvalue weighted by Gasteiger charge is -2.15. The molecule has 0 rings (SSSR count). The van der Waals surface area contributed by atoms with Crippen LogP contribution in [0, 0.1) is 0 Å². The van der Waals surface area contributed by atoms with E-state index in [1.165, 1.54) is 0 Å². The third-order valence-corrected chi connectivity index (χ3v) is 1.43. The monoisotopic (exact) mass is 183 g/mol. The van der Waals surface area contributed by atoms with Crippen molar-refractivity contribution in [2.75, 3.05) is 6.54 Å². The first-order valence-corrected chi connectivity index (χ1v) is 6.28. The van der Waals surface area contributed by atoms with Gasteiger partial charge in [0.05, 0.1) is 6.54 Å². The van der Waals surface area contributed by atoms with Gasteiger partial charge in [-0.3, -0.25) is 4.79 Å². The third-order valence-electron chi connectivity index (χ3n) is 0.587. The first-order chi connectivity index (χ1) is 3.95. The topological polar surface area (TPSA) is 52.3 Å².